The molecule has 20 heavy (non-hydrogen) atoms. The molecule has 0 aliphatic rings. The Labute approximate surface area is 122 Å². The van der Waals surface area contributed by atoms with Gasteiger partial charge >= 0.3 is 0 Å². The minimum absolute atomic E-state index is 0.650. The number of halogens is 1. The third kappa shape index (κ3) is 2.12. The molecule has 0 fully saturated rings. The number of fused-ring (bicyclic) bond motifs is 1. The van der Waals surface area contributed by atoms with E-state index in [0.29, 0.717) is 5.02 Å². The van der Waals surface area contributed by atoms with Crippen molar-refractivity contribution in [3.63, 3.8) is 0 Å². The van der Waals surface area contributed by atoms with Gasteiger partial charge in [0.05, 0.1) is 0 Å². The molecule has 0 radical (unpaired) electrons. The first-order chi connectivity index (χ1) is 9.70. The van der Waals surface area contributed by atoms with Gasteiger partial charge in [-0.25, -0.2) is 0 Å². The van der Waals surface area contributed by atoms with Gasteiger partial charge in [-0.3, -0.25) is 4.79 Å². The Hall–Kier alpha value is -2.06. The number of hydrogen-bond acceptors (Lipinski definition) is 1. The maximum Gasteiger partial charge on any atom is 0.152 e. The van der Waals surface area contributed by atoms with E-state index in [1.807, 2.05) is 43.3 Å². The lowest BCUT2D eigenvalue weighted by molar-refractivity contribution is 0.112. The van der Waals surface area contributed by atoms with Crippen LogP contribution in [0.3, 0.4) is 0 Å². The van der Waals surface area contributed by atoms with E-state index >= 15 is 0 Å². The Morgan fingerprint density at radius 3 is 2.60 bits per heavy atom. The molecule has 0 aliphatic heterocycles. The first-order valence-electron chi connectivity index (χ1n) is 6.48. The highest BCUT2D eigenvalue weighted by molar-refractivity contribution is 6.31. The summed E-state index contributed by atoms with van der Waals surface area (Å²) in [5, 5.41) is 1.57. The summed E-state index contributed by atoms with van der Waals surface area (Å²) in [6, 6.07) is 15.9. The summed E-state index contributed by atoms with van der Waals surface area (Å²) in [4.78, 5) is 11.4. The lowest BCUT2D eigenvalue weighted by Crippen LogP contribution is -2.02. The zero-order valence-corrected chi connectivity index (χ0v) is 11.9. The molecular weight excluding hydrogens is 270 g/mol. The Morgan fingerprint density at radius 1 is 1.15 bits per heavy atom. The van der Waals surface area contributed by atoms with Crippen molar-refractivity contribution in [2.24, 2.45) is 0 Å². The van der Waals surface area contributed by atoms with E-state index in [2.05, 4.69) is 16.7 Å². The topological polar surface area (TPSA) is 22.0 Å². The fourth-order valence-electron chi connectivity index (χ4n) is 2.60. The molecule has 0 N–H and O–H groups in total. The normalized spacial score (nSPS) is 10.9. The van der Waals surface area contributed by atoms with Crippen molar-refractivity contribution in [1.29, 1.82) is 0 Å². The second-order valence-electron chi connectivity index (χ2n) is 4.85. The van der Waals surface area contributed by atoms with Gasteiger partial charge in [-0.1, -0.05) is 41.9 Å². The molecule has 0 spiro atoms. The number of rotatable bonds is 3. The van der Waals surface area contributed by atoms with E-state index < -0.39 is 0 Å². The van der Waals surface area contributed by atoms with Gasteiger partial charge in [0.2, 0.25) is 0 Å². The highest BCUT2D eigenvalue weighted by Crippen LogP contribution is 2.28. The number of nitrogens with zero attached hydrogens (tertiary/aromatic N) is 1. The van der Waals surface area contributed by atoms with Crippen LogP contribution in [0.15, 0.2) is 48.5 Å². The molecule has 0 aliphatic carbocycles. The first-order valence-corrected chi connectivity index (χ1v) is 6.86. The molecule has 1 aromatic heterocycles. The van der Waals surface area contributed by atoms with Crippen LogP contribution in [0.5, 0.6) is 0 Å². The summed E-state index contributed by atoms with van der Waals surface area (Å²) in [6.45, 7) is 2.72. The zero-order valence-electron chi connectivity index (χ0n) is 11.1. The van der Waals surface area contributed by atoms with Gasteiger partial charge in [0.1, 0.15) is 0 Å². The number of carbonyl (C=O) groups is 1. The van der Waals surface area contributed by atoms with Crippen LogP contribution in [0.4, 0.5) is 0 Å². The third-order valence-corrected chi connectivity index (χ3v) is 3.87. The average molecular weight is 284 g/mol. The van der Waals surface area contributed by atoms with E-state index in [9.17, 15) is 4.79 Å². The second-order valence-corrected chi connectivity index (χ2v) is 5.29. The molecule has 0 unspecified atom stereocenters. The van der Waals surface area contributed by atoms with Crippen molar-refractivity contribution in [2.75, 3.05) is 0 Å². The summed E-state index contributed by atoms with van der Waals surface area (Å²) in [5.74, 6) is 0. The number of aldehydes is 1. The molecular formula is C17H14ClNO. The van der Waals surface area contributed by atoms with Crippen LogP contribution in [-0.4, -0.2) is 10.9 Å². The second kappa shape index (κ2) is 5.14. The van der Waals surface area contributed by atoms with Crippen molar-refractivity contribution < 1.29 is 4.79 Å². The molecule has 1 heterocycles. The first kappa shape index (κ1) is 12.9. The summed E-state index contributed by atoms with van der Waals surface area (Å²) in [7, 11) is 0. The number of aromatic nitrogens is 1. The molecule has 3 heteroatoms. The Kier molecular flexibility index (Phi) is 3.33. The Bertz CT molecular complexity index is 775. The summed E-state index contributed by atoms with van der Waals surface area (Å²) in [5.41, 5.74) is 3.94. The molecule has 0 atom stereocenters. The molecule has 2 aromatic carbocycles. The van der Waals surface area contributed by atoms with E-state index in [4.69, 9.17) is 11.6 Å². The summed E-state index contributed by atoms with van der Waals surface area (Å²) < 4.78 is 2.16. The fourth-order valence-corrected chi connectivity index (χ4v) is 2.77. The highest BCUT2D eigenvalue weighted by atomic mass is 35.5. The fraction of sp³-hybridized carbons (Fsp3) is 0.118. The standard InChI is InChI=1S/C17H14ClNO/c1-12-16(11-20)15-9-14(18)7-8-17(15)19(12)10-13-5-3-2-4-6-13/h2-9,11H,10H2,1H3. The van der Waals surface area contributed by atoms with Crippen LogP contribution in [0.1, 0.15) is 21.6 Å². The zero-order chi connectivity index (χ0) is 14.1. The highest BCUT2D eigenvalue weighted by Gasteiger charge is 2.13. The van der Waals surface area contributed by atoms with Gasteiger partial charge in [0.15, 0.2) is 6.29 Å². The van der Waals surface area contributed by atoms with Gasteiger partial charge in [0, 0.05) is 33.7 Å². The van der Waals surface area contributed by atoms with Gasteiger partial charge in [-0.2, -0.15) is 0 Å². The van der Waals surface area contributed by atoms with Crippen molar-refractivity contribution in [3.8, 4) is 0 Å². The molecule has 0 saturated carbocycles. The number of hydrogen-bond donors (Lipinski definition) is 0. The summed E-state index contributed by atoms with van der Waals surface area (Å²) >= 11 is 6.04. The Morgan fingerprint density at radius 2 is 1.90 bits per heavy atom. The van der Waals surface area contributed by atoms with Gasteiger partial charge < -0.3 is 4.57 Å². The SMILES string of the molecule is Cc1c(C=O)c2cc(Cl)ccc2n1Cc1ccccc1. The molecule has 0 bridgehead atoms. The third-order valence-electron chi connectivity index (χ3n) is 3.64. The van der Waals surface area contributed by atoms with Gasteiger partial charge in [-0.15, -0.1) is 0 Å². The van der Waals surface area contributed by atoms with Crippen LogP contribution < -0.4 is 0 Å². The molecule has 2 nitrogen and oxygen atoms in total. The van der Waals surface area contributed by atoms with Crippen molar-refractivity contribution in [3.05, 3.63) is 70.4 Å². The van der Waals surface area contributed by atoms with E-state index in [-0.39, 0.29) is 0 Å². The molecule has 0 saturated heterocycles. The predicted molar refractivity (Wildman–Crippen MR) is 82.6 cm³/mol. The smallest absolute Gasteiger partial charge is 0.152 e. The minimum atomic E-state index is 0.650. The predicted octanol–water partition coefficient (Wildman–Crippen LogP) is 4.46. The monoisotopic (exact) mass is 283 g/mol. The van der Waals surface area contributed by atoms with Crippen molar-refractivity contribution >= 4 is 28.8 Å². The average Bonchev–Trinajstić information content (AvgIpc) is 2.71. The Balaban J connectivity index is 2.20. The number of carbonyl (C=O) groups excluding carboxylic acids is 1. The van der Waals surface area contributed by atoms with Gasteiger partial charge in [0.25, 0.3) is 0 Å². The lowest BCUT2D eigenvalue weighted by atomic mass is 10.1. The molecule has 100 valence electrons. The summed E-state index contributed by atoms with van der Waals surface area (Å²) in [6.07, 6.45) is 0.912. The largest absolute Gasteiger partial charge is 0.340 e. The van der Waals surface area contributed by atoms with Crippen molar-refractivity contribution in [2.45, 2.75) is 13.5 Å². The van der Waals surface area contributed by atoms with Crippen LogP contribution in [0, 0.1) is 6.92 Å². The maximum absolute atomic E-state index is 11.4. The lowest BCUT2D eigenvalue weighted by Gasteiger charge is -2.08. The van der Waals surface area contributed by atoms with E-state index in [0.717, 1.165) is 35.0 Å². The van der Waals surface area contributed by atoms with Crippen LogP contribution >= 0.6 is 11.6 Å². The van der Waals surface area contributed by atoms with Crippen LogP contribution in [0.2, 0.25) is 5.02 Å². The molecule has 3 rings (SSSR count). The quantitative estimate of drug-likeness (QED) is 0.650. The van der Waals surface area contributed by atoms with E-state index in [1.165, 1.54) is 5.56 Å². The molecule has 3 aromatic rings. The van der Waals surface area contributed by atoms with Crippen LogP contribution in [-0.2, 0) is 6.54 Å². The number of benzene rings is 2. The van der Waals surface area contributed by atoms with Gasteiger partial charge in [-0.05, 0) is 30.7 Å². The molecule has 0 amide bonds. The maximum atomic E-state index is 11.4. The van der Waals surface area contributed by atoms with Crippen LogP contribution in [0.25, 0.3) is 10.9 Å². The minimum Gasteiger partial charge on any atom is -0.340 e. The van der Waals surface area contributed by atoms with E-state index in [1.54, 1.807) is 0 Å². The van der Waals surface area contributed by atoms with Crippen molar-refractivity contribution in [1.82, 2.24) is 4.57 Å².